The lowest BCUT2D eigenvalue weighted by atomic mass is 10.3. The summed E-state index contributed by atoms with van der Waals surface area (Å²) in [6.07, 6.45) is 2.72. The molecule has 0 radical (unpaired) electrons. The number of likely N-dealkylation sites (tertiary alicyclic amines) is 1. The maximum Gasteiger partial charge on any atom is 0.226 e. The Kier molecular flexibility index (Phi) is 5.15. The van der Waals surface area contributed by atoms with Crippen molar-refractivity contribution in [1.82, 2.24) is 14.9 Å². The van der Waals surface area contributed by atoms with Gasteiger partial charge in [0, 0.05) is 37.8 Å². The number of rotatable bonds is 6. The number of ether oxygens (including phenoxy) is 1. The molecular weight excluding hydrogens is 256 g/mol. The molecule has 1 aliphatic heterocycles. The number of hydrogen-bond donors (Lipinski definition) is 1. The van der Waals surface area contributed by atoms with E-state index in [1.807, 2.05) is 18.7 Å². The van der Waals surface area contributed by atoms with Crippen LogP contribution in [0.1, 0.15) is 31.9 Å². The second-order valence-electron chi connectivity index (χ2n) is 4.87. The molecule has 0 atom stereocenters. The molecule has 1 N–H and O–H groups in total. The minimum absolute atomic E-state index is 0.202. The summed E-state index contributed by atoms with van der Waals surface area (Å²) in [5, 5.41) is 3.09. The first-order valence-corrected chi connectivity index (χ1v) is 7.19. The maximum absolute atomic E-state index is 11.9. The van der Waals surface area contributed by atoms with Gasteiger partial charge >= 0.3 is 0 Å². The van der Waals surface area contributed by atoms with Crippen LogP contribution in [0.2, 0.25) is 0 Å². The predicted molar refractivity (Wildman–Crippen MR) is 76.9 cm³/mol. The number of amides is 1. The Balaban J connectivity index is 1.82. The predicted octanol–water partition coefficient (Wildman–Crippen LogP) is 1.61. The molecule has 2 rings (SSSR count). The number of carbonyl (C=O) groups is 1. The van der Waals surface area contributed by atoms with Crippen LogP contribution < -0.4 is 10.1 Å². The molecule has 1 aliphatic rings. The average Bonchev–Trinajstić information content (AvgIpc) is 2.92. The van der Waals surface area contributed by atoms with E-state index < -0.39 is 0 Å². The largest absolute Gasteiger partial charge is 0.478 e. The molecule has 1 aromatic rings. The SMILES string of the molecule is CCOc1cc(C)nc(NCCC(=O)N2CCCC2)n1. The van der Waals surface area contributed by atoms with E-state index in [0.29, 0.717) is 31.4 Å². The first kappa shape index (κ1) is 14.6. The summed E-state index contributed by atoms with van der Waals surface area (Å²) < 4.78 is 5.37. The molecule has 0 bridgehead atoms. The summed E-state index contributed by atoms with van der Waals surface area (Å²) in [6, 6.07) is 1.80. The Morgan fingerprint density at radius 1 is 1.40 bits per heavy atom. The summed E-state index contributed by atoms with van der Waals surface area (Å²) in [5.41, 5.74) is 0.844. The Morgan fingerprint density at radius 2 is 2.15 bits per heavy atom. The fraction of sp³-hybridized carbons (Fsp3) is 0.643. The van der Waals surface area contributed by atoms with E-state index in [0.717, 1.165) is 31.6 Å². The molecule has 1 aromatic heterocycles. The third kappa shape index (κ3) is 4.08. The van der Waals surface area contributed by atoms with Gasteiger partial charge in [0.1, 0.15) is 0 Å². The molecule has 0 spiro atoms. The molecule has 1 fully saturated rings. The molecule has 6 heteroatoms. The standard InChI is InChI=1S/C14H22N4O2/c1-3-20-12-10-11(2)16-14(17-12)15-7-6-13(19)18-8-4-5-9-18/h10H,3-9H2,1-2H3,(H,15,16,17). The summed E-state index contributed by atoms with van der Waals surface area (Å²) >= 11 is 0. The number of nitrogens with one attached hydrogen (secondary N) is 1. The minimum atomic E-state index is 0.202. The van der Waals surface area contributed by atoms with Gasteiger partial charge in [0.05, 0.1) is 6.61 Å². The number of hydrogen-bond acceptors (Lipinski definition) is 5. The quantitative estimate of drug-likeness (QED) is 0.856. The molecule has 0 unspecified atom stereocenters. The zero-order valence-electron chi connectivity index (χ0n) is 12.2. The zero-order valence-corrected chi connectivity index (χ0v) is 12.2. The van der Waals surface area contributed by atoms with E-state index in [1.54, 1.807) is 6.07 Å². The first-order valence-electron chi connectivity index (χ1n) is 7.19. The lowest BCUT2D eigenvalue weighted by Gasteiger charge is -2.15. The molecule has 20 heavy (non-hydrogen) atoms. The smallest absolute Gasteiger partial charge is 0.226 e. The lowest BCUT2D eigenvalue weighted by molar-refractivity contribution is -0.129. The zero-order chi connectivity index (χ0) is 14.4. The van der Waals surface area contributed by atoms with Crippen LogP contribution in [-0.4, -0.2) is 47.0 Å². The van der Waals surface area contributed by atoms with Crippen LogP contribution in [0.5, 0.6) is 5.88 Å². The van der Waals surface area contributed by atoms with Gasteiger partial charge in [0.2, 0.25) is 17.7 Å². The third-order valence-electron chi connectivity index (χ3n) is 3.20. The van der Waals surface area contributed by atoms with Crippen molar-refractivity contribution >= 4 is 11.9 Å². The summed E-state index contributed by atoms with van der Waals surface area (Å²) in [6.45, 7) is 6.72. The summed E-state index contributed by atoms with van der Waals surface area (Å²) in [4.78, 5) is 22.3. The Labute approximate surface area is 119 Å². The van der Waals surface area contributed by atoms with E-state index in [-0.39, 0.29) is 5.91 Å². The highest BCUT2D eigenvalue weighted by atomic mass is 16.5. The normalized spacial score (nSPS) is 14.4. The number of nitrogens with zero attached hydrogens (tertiary/aromatic N) is 3. The molecule has 2 heterocycles. The highest BCUT2D eigenvalue weighted by Crippen LogP contribution is 2.12. The van der Waals surface area contributed by atoms with Crippen LogP contribution in [-0.2, 0) is 4.79 Å². The molecule has 6 nitrogen and oxygen atoms in total. The fourth-order valence-corrected chi connectivity index (χ4v) is 2.25. The van der Waals surface area contributed by atoms with Crippen molar-refractivity contribution in [3.63, 3.8) is 0 Å². The van der Waals surface area contributed by atoms with Crippen LogP contribution in [0.4, 0.5) is 5.95 Å². The van der Waals surface area contributed by atoms with E-state index in [2.05, 4.69) is 15.3 Å². The molecule has 0 saturated carbocycles. The van der Waals surface area contributed by atoms with Gasteiger partial charge in [0.25, 0.3) is 0 Å². The first-order chi connectivity index (χ1) is 9.69. The Morgan fingerprint density at radius 3 is 2.85 bits per heavy atom. The van der Waals surface area contributed by atoms with Gasteiger partial charge in [-0.3, -0.25) is 4.79 Å². The second-order valence-corrected chi connectivity index (χ2v) is 4.87. The van der Waals surface area contributed by atoms with Crippen LogP contribution >= 0.6 is 0 Å². The van der Waals surface area contributed by atoms with E-state index in [4.69, 9.17) is 4.74 Å². The number of aromatic nitrogens is 2. The molecule has 110 valence electrons. The fourth-order valence-electron chi connectivity index (χ4n) is 2.25. The van der Waals surface area contributed by atoms with Crippen molar-refractivity contribution in [2.45, 2.75) is 33.1 Å². The van der Waals surface area contributed by atoms with E-state index >= 15 is 0 Å². The van der Waals surface area contributed by atoms with Gasteiger partial charge < -0.3 is 15.0 Å². The summed E-state index contributed by atoms with van der Waals surface area (Å²) in [7, 11) is 0. The van der Waals surface area contributed by atoms with Gasteiger partial charge in [-0.05, 0) is 26.7 Å². The molecule has 1 amide bonds. The second kappa shape index (κ2) is 7.07. The monoisotopic (exact) mass is 278 g/mol. The molecular formula is C14H22N4O2. The van der Waals surface area contributed by atoms with Gasteiger partial charge in [-0.15, -0.1) is 0 Å². The van der Waals surface area contributed by atoms with Gasteiger partial charge in [-0.25, -0.2) is 4.98 Å². The van der Waals surface area contributed by atoms with Gasteiger partial charge in [-0.1, -0.05) is 0 Å². The number of aryl methyl sites for hydroxylation is 1. The van der Waals surface area contributed by atoms with Crippen molar-refractivity contribution in [3.05, 3.63) is 11.8 Å². The molecule has 1 saturated heterocycles. The Hall–Kier alpha value is -1.85. The molecule has 0 aromatic carbocycles. The number of carbonyl (C=O) groups excluding carboxylic acids is 1. The maximum atomic E-state index is 11.9. The minimum Gasteiger partial charge on any atom is -0.478 e. The van der Waals surface area contributed by atoms with Crippen LogP contribution in [0.25, 0.3) is 0 Å². The van der Waals surface area contributed by atoms with Crippen molar-refractivity contribution in [1.29, 1.82) is 0 Å². The lowest BCUT2D eigenvalue weighted by Crippen LogP contribution is -2.29. The highest BCUT2D eigenvalue weighted by Gasteiger charge is 2.17. The van der Waals surface area contributed by atoms with Crippen LogP contribution in [0, 0.1) is 6.92 Å². The highest BCUT2D eigenvalue weighted by molar-refractivity contribution is 5.76. The van der Waals surface area contributed by atoms with Crippen molar-refractivity contribution in [2.24, 2.45) is 0 Å². The van der Waals surface area contributed by atoms with Gasteiger partial charge in [0.15, 0.2) is 0 Å². The van der Waals surface area contributed by atoms with Crippen molar-refractivity contribution in [3.8, 4) is 5.88 Å². The topological polar surface area (TPSA) is 67.3 Å². The average molecular weight is 278 g/mol. The number of anilines is 1. The van der Waals surface area contributed by atoms with Crippen LogP contribution in [0.15, 0.2) is 6.07 Å². The Bertz CT molecular complexity index is 458. The van der Waals surface area contributed by atoms with Gasteiger partial charge in [-0.2, -0.15) is 4.98 Å². The van der Waals surface area contributed by atoms with E-state index in [9.17, 15) is 4.79 Å². The summed E-state index contributed by atoms with van der Waals surface area (Å²) in [5.74, 6) is 1.28. The van der Waals surface area contributed by atoms with E-state index in [1.165, 1.54) is 0 Å². The molecule has 0 aliphatic carbocycles. The van der Waals surface area contributed by atoms with Crippen LogP contribution in [0.3, 0.4) is 0 Å². The third-order valence-corrected chi connectivity index (χ3v) is 3.20. The van der Waals surface area contributed by atoms with Crippen molar-refractivity contribution < 1.29 is 9.53 Å². The van der Waals surface area contributed by atoms with Crippen molar-refractivity contribution in [2.75, 3.05) is 31.6 Å².